The molecule has 5 rings (SSSR count). The molecule has 2 aromatic heterocycles. The van der Waals surface area contributed by atoms with Gasteiger partial charge in [0.2, 0.25) is 17.7 Å². The largest absolute Gasteiger partial charge is 0.479 e. The number of hydrogen-bond acceptors (Lipinski definition) is 10. The summed E-state index contributed by atoms with van der Waals surface area (Å²) >= 11 is 1.68. The van der Waals surface area contributed by atoms with Crippen molar-refractivity contribution in [1.29, 1.82) is 0 Å². The molecule has 4 aromatic rings. The second-order valence-electron chi connectivity index (χ2n) is 12.3. The van der Waals surface area contributed by atoms with Crippen LogP contribution in [-0.2, 0) is 28.1 Å². The topological polar surface area (TPSA) is 128 Å². The van der Waals surface area contributed by atoms with Crippen LogP contribution in [0.2, 0.25) is 0 Å². The van der Waals surface area contributed by atoms with Crippen molar-refractivity contribution in [2.45, 2.75) is 64.0 Å². The van der Waals surface area contributed by atoms with Gasteiger partial charge >= 0.3 is 0 Å². The van der Waals surface area contributed by atoms with E-state index in [1.54, 1.807) is 23.9 Å². The fraction of sp³-hybridized carbons (Fsp3) is 0.400. The Labute approximate surface area is 274 Å². The number of anilines is 2. The van der Waals surface area contributed by atoms with E-state index in [0.717, 1.165) is 22.4 Å². The molecule has 2 aromatic carbocycles. The molecule has 0 saturated heterocycles. The molecule has 3 N–H and O–H groups in total. The average Bonchev–Trinajstić information content (AvgIpc) is 3.56. The summed E-state index contributed by atoms with van der Waals surface area (Å²) in [7, 11) is 2.88. The lowest BCUT2D eigenvalue weighted by Crippen LogP contribution is -2.28. The molecule has 0 unspecified atom stereocenters. The van der Waals surface area contributed by atoms with E-state index in [1.807, 2.05) is 18.2 Å². The first kappa shape index (κ1) is 33.3. The molecule has 1 aliphatic heterocycles. The number of rotatable bonds is 13. The minimum absolute atomic E-state index is 0.102. The quantitative estimate of drug-likeness (QED) is 0.149. The van der Waals surface area contributed by atoms with E-state index in [0.29, 0.717) is 17.9 Å². The van der Waals surface area contributed by atoms with Crippen molar-refractivity contribution in [2.24, 2.45) is 0 Å². The van der Waals surface area contributed by atoms with Crippen LogP contribution >= 0.6 is 11.8 Å². The van der Waals surface area contributed by atoms with E-state index in [9.17, 15) is 9.90 Å². The molecule has 244 valence electrons. The van der Waals surface area contributed by atoms with E-state index in [2.05, 4.69) is 79.5 Å². The number of methoxy groups -OCH3 is 2. The van der Waals surface area contributed by atoms with Crippen LogP contribution in [0.1, 0.15) is 71.8 Å². The Morgan fingerprint density at radius 1 is 0.978 bits per heavy atom. The number of hydrogen-bond donors (Lipinski definition) is 3. The third kappa shape index (κ3) is 7.32. The second-order valence-corrected chi connectivity index (χ2v) is 13.3. The number of aryl methyl sites for hydroxylation is 1. The Balaban J connectivity index is 1.27. The van der Waals surface area contributed by atoms with E-state index in [1.165, 1.54) is 25.3 Å². The van der Waals surface area contributed by atoms with Crippen molar-refractivity contribution in [3.63, 3.8) is 0 Å². The van der Waals surface area contributed by atoms with Crippen LogP contribution in [0.3, 0.4) is 0 Å². The maximum absolute atomic E-state index is 13.3. The molecule has 0 fully saturated rings. The zero-order valence-electron chi connectivity index (χ0n) is 27.4. The number of ether oxygens (including phenoxy) is 3. The predicted molar refractivity (Wildman–Crippen MR) is 180 cm³/mol. The fourth-order valence-corrected chi connectivity index (χ4v) is 6.77. The monoisotopic (exact) mass is 646 g/mol. The van der Waals surface area contributed by atoms with Gasteiger partial charge in [-0.05, 0) is 74.6 Å². The summed E-state index contributed by atoms with van der Waals surface area (Å²) in [5, 5.41) is 15.9. The summed E-state index contributed by atoms with van der Waals surface area (Å²) in [6.07, 6.45) is 0.522. The van der Waals surface area contributed by atoms with Crippen molar-refractivity contribution in [3.8, 4) is 11.8 Å². The van der Waals surface area contributed by atoms with Crippen LogP contribution in [-0.4, -0.2) is 53.6 Å². The van der Waals surface area contributed by atoms with Gasteiger partial charge in [-0.15, -0.1) is 0 Å². The molecule has 1 amide bonds. The highest BCUT2D eigenvalue weighted by Gasteiger charge is 2.43. The number of aliphatic hydroxyl groups is 1. The van der Waals surface area contributed by atoms with E-state index in [4.69, 9.17) is 18.6 Å². The first-order valence-electron chi connectivity index (χ1n) is 15.2. The van der Waals surface area contributed by atoms with Crippen molar-refractivity contribution >= 4 is 29.3 Å². The number of amides is 1. The lowest BCUT2D eigenvalue weighted by atomic mass is 9.86. The zero-order valence-corrected chi connectivity index (χ0v) is 28.2. The van der Waals surface area contributed by atoms with Gasteiger partial charge in [0.1, 0.15) is 5.76 Å². The van der Waals surface area contributed by atoms with Crippen LogP contribution < -0.4 is 20.1 Å². The van der Waals surface area contributed by atoms with Crippen molar-refractivity contribution in [2.75, 3.05) is 37.2 Å². The SMILES string of the molecule is COc1nc(N[C@@H](CO)CSCc2ccccc2)nc(OC)c1NC(=O)c1ccc(Cc2cc3c(cc2C)C(C)(C)OC3(C)C)o1. The molecular formula is C35H42N4O6S. The van der Waals surface area contributed by atoms with Crippen LogP contribution in [0.25, 0.3) is 0 Å². The Kier molecular flexibility index (Phi) is 9.95. The fourth-order valence-electron chi connectivity index (χ4n) is 5.75. The Morgan fingerprint density at radius 2 is 1.63 bits per heavy atom. The minimum atomic E-state index is -0.500. The van der Waals surface area contributed by atoms with Crippen molar-refractivity contribution in [3.05, 3.63) is 93.9 Å². The van der Waals surface area contributed by atoms with E-state index < -0.39 is 11.5 Å². The maximum Gasteiger partial charge on any atom is 0.291 e. The standard InChI is InChI=1S/C35H42N4O6S/c1-21-15-26-27(35(4,5)45-34(26,2)3)17-23(21)16-25-13-14-28(44-25)30(41)37-29-31(42-6)38-33(39-32(29)43-7)36-24(18-40)20-46-19-22-11-9-8-10-12-22/h8-15,17,24,40H,16,18-20H2,1-7H3,(H,37,41)(H,36,38,39)/t24-/m0/s1. The number of aliphatic hydroxyl groups excluding tert-OH is 1. The van der Waals surface area contributed by atoms with Crippen LogP contribution in [0.15, 0.2) is 59.0 Å². The highest BCUT2D eigenvalue weighted by molar-refractivity contribution is 7.98. The lowest BCUT2D eigenvalue weighted by molar-refractivity contribution is -0.105. The number of nitrogens with zero attached hydrogens (tertiary/aromatic N) is 2. The third-order valence-corrected chi connectivity index (χ3v) is 9.16. The first-order chi connectivity index (χ1) is 21.9. The highest BCUT2D eigenvalue weighted by Crippen LogP contribution is 2.47. The van der Waals surface area contributed by atoms with Gasteiger partial charge in [0.05, 0.1) is 38.1 Å². The van der Waals surface area contributed by atoms with Gasteiger partial charge in [-0.2, -0.15) is 21.7 Å². The van der Waals surface area contributed by atoms with Crippen molar-refractivity contribution in [1.82, 2.24) is 9.97 Å². The summed E-state index contributed by atoms with van der Waals surface area (Å²) in [6.45, 7) is 10.3. The first-order valence-corrected chi connectivity index (χ1v) is 16.3. The molecule has 46 heavy (non-hydrogen) atoms. The van der Waals surface area contributed by atoms with Gasteiger partial charge < -0.3 is 34.4 Å². The van der Waals surface area contributed by atoms with Crippen molar-refractivity contribution < 1.29 is 28.5 Å². The van der Waals surface area contributed by atoms with Gasteiger partial charge in [-0.25, -0.2) is 0 Å². The van der Waals surface area contributed by atoms with Gasteiger partial charge in [-0.3, -0.25) is 4.79 Å². The number of carbonyl (C=O) groups excluding carboxylic acids is 1. The summed E-state index contributed by atoms with van der Waals surface area (Å²) < 4.78 is 23.3. The number of benzene rings is 2. The van der Waals surface area contributed by atoms with E-state index in [-0.39, 0.29) is 47.4 Å². The average molecular weight is 647 g/mol. The lowest BCUT2D eigenvalue weighted by Gasteiger charge is -2.24. The van der Waals surface area contributed by atoms with Crippen LogP contribution in [0.4, 0.5) is 11.6 Å². The molecule has 1 aliphatic rings. The minimum Gasteiger partial charge on any atom is -0.479 e. The molecule has 3 heterocycles. The molecule has 0 bridgehead atoms. The Bertz CT molecular complexity index is 1660. The normalized spacial score (nSPS) is 15.2. The zero-order chi connectivity index (χ0) is 33.1. The number of aromatic nitrogens is 2. The van der Waals surface area contributed by atoms with Gasteiger partial charge in [0.25, 0.3) is 5.91 Å². The number of carbonyl (C=O) groups is 1. The summed E-state index contributed by atoms with van der Waals surface area (Å²) in [5.74, 6) is 2.11. The van der Waals surface area contributed by atoms with Gasteiger partial charge in [-0.1, -0.05) is 42.5 Å². The second kappa shape index (κ2) is 13.7. The van der Waals surface area contributed by atoms with Gasteiger partial charge in [0.15, 0.2) is 11.4 Å². The molecule has 0 aliphatic carbocycles. The molecule has 0 spiro atoms. The number of fused-ring (bicyclic) bond motifs is 1. The number of furan rings is 1. The Morgan fingerprint density at radius 3 is 2.26 bits per heavy atom. The smallest absolute Gasteiger partial charge is 0.291 e. The highest BCUT2D eigenvalue weighted by atomic mass is 32.2. The molecule has 10 nitrogen and oxygen atoms in total. The predicted octanol–water partition coefficient (Wildman–Crippen LogP) is 6.44. The molecule has 0 radical (unpaired) electrons. The molecule has 1 atom stereocenters. The molecule has 11 heteroatoms. The summed E-state index contributed by atoms with van der Waals surface area (Å²) in [5.41, 5.74) is 5.20. The summed E-state index contributed by atoms with van der Waals surface area (Å²) in [4.78, 5) is 22.1. The van der Waals surface area contributed by atoms with E-state index >= 15 is 0 Å². The molecule has 0 saturated carbocycles. The molecular weight excluding hydrogens is 604 g/mol. The maximum atomic E-state index is 13.3. The number of thioether (sulfide) groups is 1. The Hall–Kier alpha value is -4.06. The third-order valence-electron chi connectivity index (χ3n) is 7.99. The van der Waals surface area contributed by atoms with Gasteiger partial charge in [0, 0.05) is 17.9 Å². The van der Waals surface area contributed by atoms with Crippen LogP contribution in [0.5, 0.6) is 11.8 Å². The van der Waals surface area contributed by atoms with Crippen LogP contribution in [0, 0.1) is 6.92 Å². The number of nitrogens with one attached hydrogen (secondary N) is 2. The summed E-state index contributed by atoms with van der Waals surface area (Å²) in [6, 6.07) is 17.6.